The third kappa shape index (κ3) is 5.85. The van der Waals surface area contributed by atoms with Gasteiger partial charge in [-0.05, 0) is 31.2 Å². The molecule has 0 saturated carbocycles. The minimum atomic E-state index is -0.172. The Kier molecular flexibility index (Phi) is 7.32. The predicted molar refractivity (Wildman–Crippen MR) is 117 cm³/mol. The van der Waals surface area contributed by atoms with E-state index in [9.17, 15) is 4.79 Å². The lowest BCUT2D eigenvalue weighted by Crippen LogP contribution is -2.15. The number of carbonyl (C=O) groups excluding carboxylic acids is 1. The van der Waals surface area contributed by atoms with Crippen LogP contribution in [0.15, 0.2) is 66.3 Å². The summed E-state index contributed by atoms with van der Waals surface area (Å²) < 4.78 is 7.69. The minimum absolute atomic E-state index is 0.172. The third-order valence-corrected chi connectivity index (χ3v) is 5.27. The number of thioether (sulfide) groups is 1. The van der Waals surface area contributed by atoms with Crippen molar-refractivity contribution in [2.24, 2.45) is 0 Å². The van der Waals surface area contributed by atoms with Gasteiger partial charge in [0.2, 0.25) is 5.91 Å². The van der Waals surface area contributed by atoms with E-state index in [4.69, 9.17) is 16.3 Å². The number of aryl methyl sites for hydroxylation is 1. The summed E-state index contributed by atoms with van der Waals surface area (Å²) in [5, 5.41) is 12.3. The van der Waals surface area contributed by atoms with Crippen LogP contribution < -0.4 is 10.1 Å². The number of hydrogen-bond acceptors (Lipinski definition) is 5. The van der Waals surface area contributed by atoms with Crippen LogP contribution in [0.3, 0.4) is 0 Å². The molecular formula is C21H21ClN4O2S. The van der Waals surface area contributed by atoms with Crippen LogP contribution in [-0.2, 0) is 17.9 Å². The number of rotatable bonds is 9. The van der Waals surface area contributed by atoms with Crippen molar-refractivity contribution in [3.05, 3.63) is 77.6 Å². The zero-order valence-electron chi connectivity index (χ0n) is 16.0. The highest BCUT2D eigenvalue weighted by Crippen LogP contribution is 2.22. The Hall–Kier alpha value is -2.77. The summed E-state index contributed by atoms with van der Waals surface area (Å²) in [4.78, 5) is 12.3. The molecule has 0 fully saturated rings. The van der Waals surface area contributed by atoms with Gasteiger partial charge in [0.15, 0.2) is 11.0 Å². The molecule has 0 aliphatic heterocycles. The van der Waals surface area contributed by atoms with Crippen LogP contribution in [0.25, 0.3) is 0 Å². The van der Waals surface area contributed by atoms with E-state index in [0.29, 0.717) is 28.2 Å². The second-order valence-corrected chi connectivity index (χ2v) is 7.57. The van der Waals surface area contributed by atoms with Gasteiger partial charge in [-0.3, -0.25) is 9.36 Å². The SMILES string of the molecule is C=CCn1c(COc2ccc(C)cc2)nnc1SCC(=O)Nc1ccccc1Cl. The molecule has 0 radical (unpaired) electrons. The monoisotopic (exact) mass is 428 g/mol. The number of amides is 1. The molecule has 0 unspecified atom stereocenters. The van der Waals surface area contributed by atoms with Crippen LogP contribution in [-0.4, -0.2) is 26.4 Å². The average Bonchev–Trinajstić information content (AvgIpc) is 3.10. The molecule has 0 atom stereocenters. The van der Waals surface area contributed by atoms with Crippen molar-refractivity contribution in [3.8, 4) is 5.75 Å². The van der Waals surface area contributed by atoms with Crippen LogP contribution in [0.2, 0.25) is 5.02 Å². The van der Waals surface area contributed by atoms with Gasteiger partial charge in [-0.25, -0.2) is 0 Å². The number of para-hydroxylation sites is 1. The van der Waals surface area contributed by atoms with Gasteiger partial charge in [0.1, 0.15) is 12.4 Å². The Bertz CT molecular complexity index is 989. The molecule has 8 heteroatoms. The topological polar surface area (TPSA) is 69.0 Å². The lowest BCUT2D eigenvalue weighted by molar-refractivity contribution is -0.113. The van der Waals surface area contributed by atoms with Gasteiger partial charge in [-0.2, -0.15) is 0 Å². The van der Waals surface area contributed by atoms with E-state index in [1.54, 1.807) is 18.2 Å². The minimum Gasteiger partial charge on any atom is -0.486 e. The van der Waals surface area contributed by atoms with Crippen LogP contribution in [0.4, 0.5) is 5.69 Å². The van der Waals surface area contributed by atoms with Gasteiger partial charge < -0.3 is 10.1 Å². The second-order valence-electron chi connectivity index (χ2n) is 6.22. The van der Waals surface area contributed by atoms with Gasteiger partial charge in [-0.15, -0.1) is 16.8 Å². The molecule has 1 heterocycles. The number of nitrogens with one attached hydrogen (secondary N) is 1. The standard InChI is InChI=1S/C21H21ClN4O2S/c1-3-12-26-19(13-28-16-10-8-15(2)9-11-16)24-25-21(26)29-14-20(27)23-18-7-5-4-6-17(18)22/h3-11H,1,12-14H2,2H3,(H,23,27). The van der Waals surface area contributed by atoms with Gasteiger partial charge in [0.25, 0.3) is 0 Å². The van der Waals surface area contributed by atoms with Crippen molar-refractivity contribution in [2.45, 2.75) is 25.2 Å². The van der Waals surface area contributed by atoms with Crippen molar-refractivity contribution in [3.63, 3.8) is 0 Å². The molecule has 0 aliphatic carbocycles. The molecule has 29 heavy (non-hydrogen) atoms. The summed E-state index contributed by atoms with van der Waals surface area (Å²) in [5.41, 5.74) is 1.75. The lowest BCUT2D eigenvalue weighted by Gasteiger charge is -2.10. The number of ether oxygens (including phenoxy) is 1. The van der Waals surface area contributed by atoms with Crippen molar-refractivity contribution in [2.75, 3.05) is 11.1 Å². The number of hydrogen-bond donors (Lipinski definition) is 1. The number of nitrogens with zero attached hydrogens (tertiary/aromatic N) is 3. The smallest absolute Gasteiger partial charge is 0.234 e. The number of anilines is 1. The Morgan fingerprint density at radius 2 is 2.00 bits per heavy atom. The van der Waals surface area contributed by atoms with Crippen molar-refractivity contribution in [1.29, 1.82) is 0 Å². The largest absolute Gasteiger partial charge is 0.486 e. The molecule has 0 spiro atoms. The Balaban J connectivity index is 1.61. The summed E-state index contributed by atoms with van der Waals surface area (Å²) in [6.07, 6.45) is 1.76. The van der Waals surface area contributed by atoms with E-state index in [-0.39, 0.29) is 18.3 Å². The highest BCUT2D eigenvalue weighted by atomic mass is 35.5. The van der Waals surface area contributed by atoms with E-state index in [0.717, 1.165) is 5.75 Å². The molecule has 0 saturated heterocycles. The Morgan fingerprint density at radius 1 is 1.24 bits per heavy atom. The Labute approximate surface area is 178 Å². The fourth-order valence-corrected chi connectivity index (χ4v) is 3.46. The van der Waals surface area contributed by atoms with Gasteiger partial charge >= 0.3 is 0 Å². The lowest BCUT2D eigenvalue weighted by atomic mass is 10.2. The zero-order chi connectivity index (χ0) is 20.6. The molecule has 3 rings (SSSR count). The Morgan fingerprint density at radius 3 is 2.72 bits per heavy atom. The van der Waals surface area contributed by atoms with Gasteiger partial charge in [0.05, 0.1) is 16.5 Å². The number of benzene rings is 2. The number of aromatic nitrogens is 3. The quantitative estimate of drug-likeness (QED) is 0.394. The van der Waals surface area contributed by atoms with Crippen LogP contribution in [0.5, 0.6) is 5.75 Å². The molecule has 1 N–H and O–H groups in total. The van der Waals surface area contributed by atoms with Gasteiger partial charge in [-0.1, -0.05) is 59.3 Å². The molecule has 1 amide bonds. The number of carbonyl (C=O) groups is 1. The first-order chi connectivity index (χ1) is 14.1. The van der Waals surface area contributed by atoms with Crippen LogP contribution in [0, 0.1) is 6.92 Å². The molecule has 1 aromatic heterocycles. The summed E-state index contributed by atoms with van der Waals surface area (Å²) in [6.45, 7) is 6.61. The maximum atomic E-state index is 12.3. The highest BCUT2D eigenvalue weighted by Gasteiger charge is 2.14. The van der Waals surface area contributed by atoms with Crippen molar-refractivity contribution < 1.29 is 9.53 Å². The normalized spacial score (nSPS) is 10.6. The van der Waals surface area contributed by atoms with E-state index in [1.807, 2.05) is 47.9 Å². The maximum Gasteiger partial charge on any atom is 0.234 e. The first-order valence-electron chi connectivity index (χ1n) is 8.96. The summed E-state index contributed by atoms with van der Waals surface area (Å²) in [6, 6.07) is 14.9. The average molecular weight is 429 g/mol. The second kappa shape index (κ2) is 10.1. The third-order valence-electron chi connectivity index (χ3n) is 3.97. The molecule has 6 nitrogen and oxygen atoms in total. The maximum absolute atomic E-state index is 12.3. The van der Waals surface area contributed by atoms with Crippen molar-refractivity contribution >= 4 is 35.0 Å². The summed E-state index contributed by atoms with van der Waals surface area (Å²) >= 11 is 7.37. The zero-order valence-corrected chi connectivity index (χ0v) is 17.5. The molecule has 150 valence electrons. The highest BCUT2D eigenvalue weighted by molar-refractivity contribution is 7.99. The van der Waals surface area contributed by atoms with E-state index in [2.05, 4.69) is 22.1 Å². The van der Waals surface area contributed by atoms with E-state index >= 15 is 0 Å². The van der Waals surface area contributed by atoms with Crippen molar-refractivity contribution in [1.82, 2.24) is 14.8 Å². The van der Waals surface area contributed by atoms with Gasteiger partial charge in [0, 0.05) is 6.54 Å². The first-order valence-corrected chi connectivity index (χ1v) is 10.3. The van der Waals surface area contributed by atoms with Crippen LogP contribution in [0.1, 0.15) is 11.4 Å². The number of allylic oxidation sites excluding steroid dienone is 1. The van der Waals surface area contributed by atoms with E-state index in [1.165, 1.54) is 17.3 Å². The first kappa shape index (κ1) is 21.0. The molecule has 2 aromatic carbocycles. The summed E-state index contributed by atoms with van der Waals surface area (Å²) in [7, 11) is 0. The molecule has 0 bridgehead atoms. The molecule has 3 aromatic rings. The molecular weight excluding hydrogens is 408 g/mol. The van der Waals surface area contributed by atoms with E-state index < -0.39 is 0 Å². The fraction of sp³-hybridized carbons (Fsp3) is 0.190. The predicted octanol–water partition coefficient (Wildman–Crippen LogP) is 4.74. The molecule has 0 aliphatic rings. The van der Waals surface area contributed by atoms with Crippen LogP contribution >= 0.6 is 23.4 Å². The fourth-order valence-electron chi connectivity index (χ4n) is 2.51. The summed E-state index contributed by atoms with van der Waals surface area (Å²) in [5.74, 6) is 1.43. The number of halogens is 1.